The molecule has 0 spiro atoms. The molecule has 3 aromatic carbocycles. The number of nitrogens with zero attached hydrogens (tertiary/aromatic N) is 1. The van der Waals surface area contributed by atoms with Gasteiger partial charge in [-0.25, -0.2) is 4.79 Å². The van der Waals surface area contributed by atoms with Crippen LogP contribution in [0.3, 0.4) is 0 Å². The van der Waals surface area contributed by atoms with Gasteiger partial charge in [-0.3, -0.25) is 14.9 Å². The molecule has 0 heterocycles. The summed E-state index contributed by atoms with van der Waals surface area (Å²) >= 11 is 0. The standard InChI is InChI=1S/C23H20N2O6/c1-15-10-12-17(13-11-15)31-20-9-4-3-7-18(20)24-21(26)14-30-23(27)22-16(2)6-5-8-19(22)25(28)29/h3-13H,14H2,1-2H3,(H,24,26). The molecule has 0 saturated carbocycles. The molecule has 0 fully saturated rings. The summed E-state index contributed by atoms with van der Waals surface area (Å²) in [5.74, 6) is -0.528. The van der Waals surface area contributed by atoms with Crippen molar-refractivity contribution < 1.29 is 24.0 Å². The molecule has 0 atom stereocenters. The van der Waals surface area contributed by atoms with Crippen molar-refractivity contribution in [3.63, 3.8) is 0 Å². The Kier molecular flexibility index (Phi) is 6.61. The van der Waals surface area contributed by atoms with Crippen LogP contribution in [0.5, 0.6) is 11.5 Å². The van der Waals surface area contributed by atoms with E-state index in [4.69, 9.17) is 9.47 Å². The molecule has 1 N–H and O–H groups in total. The predicted octanol–water partition coefficient (Wildman–Crippen LogP) is 4.80. The van der Waals surface area contributed by atoms with E-state index in [1.54, 1.807) is 37.3 Å². The van der Waals surface area contributed by atoms with Crippen molar-refractivity contribution in [3.05, 3.63) is 93.5 Å². The smallest absolute Gasteiger partial charge is 0.345 e. The van der Waals surface area contributed by atoms with Crippen molar-refractivity contribution in [3.8, 4) is 11.5 Å². The largest absolute Gasteiger partial charge is 0.455 e. The number of hydrogen-bond donors (Lipinski definition) is 1. The minimum absolute atomic E-state index is 0.177. The zero-order chi connectivity index (χ0) is 22.4. The van der Waals surface area contributed by atoms with Gasteiger partial charge in [0.2, 0.25) is 0 Å². The number of hydrogen-bond acceptors (Lipinski definition) is 6. The lowest BCUT2D eigenvalue weighted by molar-refractivity contribution is -0.385. The van der Waals surface area contributed by atoms with Gasteiger partial charge in [0.1, 0.15) is 11.3 Å². The van der Waals surface area contributed by atoms with Gasteiger partial charge < -0.3 is 14.8 Å². The van der Waals surface area contributed by atoms with Crippen molar-refractivity contribution in [1.82, 2.24) is 0 Å². The molecule has 0 aliphatic rings. The molecule has 8 heteroatoms. The number of esters is 1. The highest BCUT2D eigenvalue weighted by Crippen LogP contribution is 2.29. The van der Waals surface area contributed by atoms with E-state index in [9.17, 15) is 19.7 Å². The summed E-state index contributed by atoms with van der Waals surface area (Å²) in [4.78, 5) is 35.2. The normalized spacial score (nSPS) is 10.3. The first-order valence-corrected chi connectivity index (χ1v) is 9.39. The quantitative estimate of drug-likeness (QED) is 0.334. The summed E-state index contributed by atoms with van der Waals surface area (Å²) in [6.07, 6.45) is 0. The van der Waals surface area contributed by atoms with E-state index < -0.39 is 23.4 Å². The SMILES string of the molecule is Cc1ccc(Oc2ccccc2NC(=O)COC(=O)c2c(C)cccc2[N+](=O)[O-])cc1. The van der Waals surface area contributed by atoms with E-state index >= 15 is 0 Å². The van der Waals surface area contributed by atoms with Crippen LogP contribution in [-0.4, -0.2) is 23.4 Å². The van der Waals surface area contributed by atoms with Crippen molar-refractivity contribution >= 4 is 23.3 Å². The Hall–Kier alpha value is -4.20. The maximum Gasteiger partial charge on any atom is 0.345 e. The van der Waals surface area contributed by atoms with E-state index in [1.165, 1.54) is 12.1 Å². The molecular weight excluding hydrogens is 400 g/mol. The highest BCUT2D eigenvalue weighted by atomic mass is 16.6. The molecule has 0 radical (unpaired) electrons. The molecule has 158 valence electrons. The molecule has 8 nitrogen and oxygen atoms in total. The number of rotatable bonds is 7. The third-order valence-electron chi connectivity index (χ3n) is 4.40. The molecule has 1 amide bonds. The number of amides is 1. The van der Waals surface area contributed by atoms with Crippen molar-refractivity contribution in [2.45, 2.75) is 13.8 Å². The summed E-state index contributed by atoms with van der Waals surface area (Å²) in [6, 6.07) is 18.5. The second-order valence-corrected chi connectivity index (χ2v) is 6.76. The number of carbonyl (C=O) groups is 2. The Balaban J connectivity index is 1.66. The molecule has 3 rings (SSSR count). The fourth-order valence-corrected chi connectivity index (χ4v) is 2.85. The Morgan fingerprint density at radius 1 is 0.968 bits per heavy atom. The van der Waals surface area contributed by atoms with Crippen LogP contribution >= 0.6 is 0 Å². The first-order chi connectivity index (χ1) is 14.8. The summed E-state index contributed by atoms with van der Waals surface area (Å²) in [5.41, 5.74) is 1.32. The lowest BCUT2D eigenvalue weighted by Gasteiger charge is -2.13. The molecular formula is C23H20N2O6. The maximum absolute atomic E-state index is 12.4. The number of aryl methyl sites for hydroxylation is 2. The average Bonchev–Trinajstić information content (AvgIpc) is 2.74. The van der Waals surface area contributed by atoms with Gasteiger partial charge in [-0.15, -0.1) is 0 Å². The maximum atomic E-state index is 12.4. The lowest BCUT2D eigenvalue weighted by Crippen LogP contribution is -2.22. The van der Waals surface area contributed by atoms with Crippen LogP contribution in [-0.2, 0) is 9.53 Å². The third-order valence-corrected chi connectivity index (χ3v) is 4.40. The Morgan fingerprint density at radius 3 is 2.39 bits per heavy atom. The minimum atomic E-state index is -0.941. The zero-order valence-electron chi connectivity index (χ0n) is 17.0. The molecule has 0 aliphatic carbocycles. The van der Waals surface area contributed by atoms with Crippen molar-refractivity contribution in [2.24, 2.45) is 0 Å². The average molecular weight is 420 g/mol. The molecule has 0 unspecified atom stereocenters. The number of nitro groups is 1. The van der Waals surface area contributed by atoms with Crippen LogP contribution in [0.4, 0.5) is 11.4 Å². The molecule has 3 aromatic rings. The fraction of sp³-hybridized carbons (Fsp3) is 0.130. The Morgan fingerprint density at radius 2 is 1.68 bits per heavy atom. The number of nitro benzene ring substituents is 1. The highest BCUT2D eigenvalue weighted by Gasteiger charge is 2.24. The monoisotopic (exact) mass is 420 g/mol. The van der Waals surface area contributed by atoms with Crippen molar-refractivity contribution in [1.29, 1.82) is 0 Å². The number of para-hydroxylation sites is 2. The minimum Gasteiger partial charge on any atom is -0.455 e. The van der Waals surface area contributed by atoms with Crippen LogP contribution in [0, 0.1) is 24.0 Å². The van der Waals surface area contributed by atoms with Crippen LogP contribution in [0.15, 0.2) is 66.7 Å². The van der Waals surface area contributed by atoms with Crippen LogP contribution in [0.2, 0.25) is 0 Å². The van der Waals surface area contributed by atoms with Gasteiger partial charge in [-0.1, -0.05) is 42.0 Å². The van der Waals surface area contributed by atoms with Gasteiger partial charge >= 0.3 is 5.97 Å². The number of ether oxygens (including phenoxy) is 2. The summed E-state index contributed by atoms with van der Waals surface area (Å²) in [6.45, 7) is 2.91. The second-order valence-electron chi connectivity index (χ2n) is 6.76. The number of benzene rings is 3. The number of anilines is 1. The molecule has 0 bridgehead atoms. The van der Waals surface area contributed by atoms with E-state index in [0.29, 0.717) is 22.7 Å². The fourth-order valence-electron chi connectivity index (χ4n) is 2.85. The van der Waals surface area contributed by atoms with E-state index in [2.05, 4.69) is 5.32 Å². The summed E-state index contributed by atoms with van der Waals surface area (Å²) < 4.78 is 10.8. The van der Waals surface area contributed by atoms with E-state index in [1.807, 2.05) is 31.2 Å². The molecule has 0 saturated heterocycles. The first-order valence-electron chi connectivity index (χ1n) is 9.39. The summed E-state index contributed by atoms with van der Waals surface area (Å²) in [7, 11) is 0. The Labute approximate surface area is 178 Å². The summed E-state index contributed by atoms with van der Waals surface area (Å²) in [5, 5.41) is 13.8. The van der Waals surface area contributed by atoms with Gasteiger partial charge in [0.15, 0.2) is 12.4 Å². The van der Waals surface area contributed by atoms with Gasteiger partial charge in [-0.2, -0.15) is 0 Å². The van der Waals surface area contributed by atoms with Crippen LogP contribution in [0.1, 0.15) is 21.5 Å². The lowest BCUT2D eigenvalue weighted by atomic mass is 10.1. The van der Waals surface area contributed by atoms with Crippen LogP contribution in [0.25, 0.3) is 0 Å². The highest BCUT2D eigenvalue weighted by molar-refractivity contribution is 5.98. The van der Waals surface area contributed by atoms with E-state index in [-0.39, 0.29) is 11.3 Å². The van der Waals surface area contributed by atoms with Gasteiger partial charge in [-0.05, 0) is 43.7 Å². The predicted molar refractivity (Wildman–Crippen MR) is 114 cm³/mol. The van der Waals surface area contributed by atoms with Crippen molar-refractivity contribution in [2.75, 3.05) is 11.9 Å². The number of nitrogens with one attached hydrogen (secondary N) is 1. The second kappa shape index (κ2) is 9.53. The van der Waals surface area contributed by atoms with Gasteiger partial charge in [0, 0.05) is 6.07 Å². The van der Waals surface area contributed by atoms with Crippen LogP contribution < -0.4 is 10.1 Å². The molecule has 0 aliphatic heterocycles. The molecule has 31 heavy (non-hydrogen) atoms. The van der Waals surface area contributed by atoms with Gasteiger partial charge in [0.25, 0.3) is 11.6 Å². The topological polar surface area (TPSA) is 108 Å². The van der Waals surface area contributed by atoms with Gasteiger partial charge in [0.05, 0.1) is 10.6 Å². The Bertz CT molecular complexity index is 1130. The zero-order valence-corrected chi connectivity index (χ0v) is 17.0. The molecule has 0 aromatic heterocycles. The third kappa shape index (κ3) is 5.45. The van der Waals surface area contributed by atoms with E-state index in [0.717, 1.165) is 5.56 Å². The first kappa shape index (κ1) is 21.5. The number of carbonyl (C=O) groups excluding carboxylic acids is 2.